The van der Waals surface area contributed by atoms with E-state index in [-0.39, 0.29) is 11.9 Å². The Hall–Kier alpha value is -0.960. The minimum Gasteiger partial charge on any atom is -0.376 e. The summed E-state index contributed by atoms with van der Waals surface area (Å²) in [5.41, 5.74) is 2.05. The maximum absolute atomic E-state index is 13.8. The molecule has 2 aromatic carbocycles. The highest BCUT2D eigenvalue weighted by atomic mass is 35.5. The molecule has 1 unspecified atom stereocenters. The normalized spacial score (nSPS) is 12.3. The molecule has 0 aliphatic rings. The second-order valence-corrected chi connectivity index (χ2v) is 5.73. The molecule has 0 bridgehead atoms. The Morgan fingerprint density at radius 3 is 2.40 bits per heavy atom. The minimum absolute atomic E-state index is 0.201. The second kappa shape index (κ2) is 6.21. The highest BCUT2D eigenvalue weighted by Crippen LogP contribution is 2.36. The number of benzene rings is 2. The topological polar surface area (TPSA) is 12.0 Å². The Morgan fingerprint density at radius 2 is 1.75 bits per heavy atom. The quantitative estimate of drug-likeness (QED) is 0.653. The van der Waals surface area contributed by atoms with Crippen molar-refractivity contribution in [2.24, 2.45) is 0 Å². The second-order valence-electron chi connectivity index (χ2n) is 4.56. The zero-order chi connectivity index (χ0) is 14.9. The highest BCUT2D eigenvalue weighted by molar-refractivity contribution is 6.48. The molecule has 0 aliphatic heterocycles. The lowest BCUT2D eigenvalue weighted by Gasteiger charge is -2.19. The van der Waals surface area contributed by atoms with Crippen LogP contribution in [0.5, 0.6) is 0 Å². The summed E-state index contributed by atoms with van der Waals surface area (Å²) in [5, 5.41) is 4.21. The van der Waals surface area contributed by atoms with E-state index in [1.54, 1.807) is 18.2 Å². The molecule has 0 heterocycles. The first kappa shape index (κ1) is 15.4. The van der Waals surface area contributed by atoms with E-state index in [9.17, 15) is 4.39 Å². The maximum atomic E-state index is 13.8. The molecule has 2 rings (SSSR count). The van der Waals surface area contributed by atoms with Crippen LogP contribution < -0.4 is 5.32 Å². The van der Waals surface area contributed by atoms with Gasteiger partial charge in [-0.3, -0.25) is 0 Å². The van der Waals surface area contributed by atoms with Crippen LogP contribution >= 0.6 is 34.8 Å². The minimum atomic E-state index is -0.298. The Balaban J connectivity index is 2.34. The third kappa shape index (κ3) is 3.03. The molecule has 0 radical (unpaired) electrons. The number of para-hydroxylation sites is 1. The number of rotatable bonds is 3. The van der Waals surface area contributed by atoms with Gasteiger partial charge in [-0.05, 0) is 37.1 Å². The van der Waals surface area contributed by atoms with E-state index in [0.29, 0.717) is 20.8 Å². The molecule has 20 heavy (non-hydrogen) atoms. The van der Waals surface area contributed by atoms with E-state index in [4.69, 9.17) is 34.8 Å². The van der Waals surface area contributed by atoms with Gasteiger partial charge in [-0.2, -0.15) is 0 Å². The molecule has 1 nitrogen and oxygen atoms in total. The zero-order valence-electron chi connectivity index (χ0n) is 11.0. The van der Waals surface area contributed by atoms with Crippen molar-refractivity contribution in [3.63, 3.8) is 0 Å². The van der Waals surface area contributed by atoms with Crippen LogP contribution in [0.4, 0.5) is 10.1 Å². The van der Waals surface area contributed by atoms with Crippen LogP contribution in [0.1, 0.15) is 24.1 Å². The van der Waals surface area contributed by atoms with Gasteiger partial charge in [-0.1, -0.05) is 53.0 Å². The maximum Gasteiger partial charge on any atom is 0.146 e. The van der Waals surface area contributed by atoms with Crippen molar-refractivity contribution in [1.29, 1.82) is 0 Å². The summed E-state index contributed by atoms with van der Waals surface area (Å²) < 4.78 is 13.8. The van der Waals surface area contributed by atoms with Gasteiger partial charge in [0.05, 0.1) is 26.8 Å². The molecule has 1 N–H and O–H groups in total. The largest absolute Gasteiger partial charge is 0.376 e. The number of nitrogens with one attached hydrogen (secondary N) is 1. The smallest absolute Gasteiger partial charge is 0.146 e. The van der Waals surface area contributed by atoms with Gasteiger partial charge in [0, 0.05) is 0 Å². The van der Waals surface area contributed by atoms with Crippen molar-refractivity contribution in [3.05, 3.63) is 62.3 Å². The lowest BCUT2D eigenvalue weighted by atomic mass is 10.1. The third-order valence-corrected chi connectivity index (χ3v) is 4.42. The first-order valence-electron chi connectivity index (χ1n) is 6.07. The van der Waals surface area contributed by atoms with Gasteiger partial charge in [-0.25, -0.2) is 4.39 Å². The zero-order valence-corrected chi connectivity index (χ0v) is 13.2. The van der Waals surface area contributed by atoms with Gasteiger partial charge < -0.3 is 5.32 Å². The Labute approximate surface area is 132 Å². The van der Waals surface area contributed by atoms with Crippen molar-refractivity contribution in [1.82, 2.24) is 0 Å². The molecule has 0 saturated carbocycles. The summed E-state index contributed by atoms with van der Waals surface area (Å²) in [6, 6.07) is 8.19. The van der Waals surface area contributed by atoms with E-state index in [0.717, 1.165) is 11.1 Å². The highest BCUT2D eigenvalue weighted by Gasteiger charge is 2.16. The first-order valence-corrected chi connectivity index (χ1v) is 7.20. The molecule has 0 aliphatic carbocycles. The third-order valence-electron chi connectivity index (χ3n) is 3.11. The van der Waals surface area contributed by atoms with Crippen LogP contribution in [0.2, 0.25) is 15.1 Å². The van der Waals surface area contributed by atoms with Crippen molar-refractivity contribution < 1.29 is 4.39 Å². The molecule has 0 amide bonds. The van der Waals surface area contributed by atoms with Crippen LogP contribution in [0.15, 0.2) is 30.3 Å². The van der Waals surface area contributed by atoms with Gasteiger partial charge in [0.1, 0.15) is 5.82 Å². The van der Waals surface area contributed by atoms with Gasteiger partial charge in [-0.15, -0.1) is 0 Å². The van der Waals surface area contributed by atoms with Crippen molar-refractivity contribution >= 4 is 40.5 Å². The van der Waals surface area contributed by atoms with Crippen LogP contribution in [0.3, 0.4) is 0 Å². The summed E-state index contributed by atoms with van der Waals surface area (Å²) >= 11 is 18.1. The Morgan fingerprint density at radius 1 is 1.05 bits per heavy atom. The number of aryl methyl sites for hydroxylation is 1. The SMILES string of the molecule is Cc1cccc(F)c1NC(C)c1ccc(Cl)c(Cl)c1Cl. The van der Waals surface area contributed by atoms with Crippen LogP contribution in [-0.2, 0) is 0 Å². The van der Waals surface area contributed by atoms with E-state index < -0.39 is 0 Å². The molecule has 0 fully saturated rings. The predicted octanol–water partition coefficient (Wildman–Crippen LogP) is 6.27. The standard InChI is InChI=1S/C15H13Cl3FN/c1-8-4-3-5-12(19)15(8)20-9(2)10-6-7-11(16)14(18)13(10)17/h3-7,9,20H,1-2H3. The van der Waals surface area contributed by atoms with Crippen molar-refractivity contribution in [2.45, 2.75) is 19.9 Å². The molecule has 0 spiro atoms. The molecule has 106 valence electrons. The van der Waals surface area contributed by atoms with Crippen molar-refractivity contribution in [2.75, 3.05) is 5.32 Å². The molecule has 5 heteroatoms. The van der Waals surface area contributed by atoms with E-state index in [1.165, 1.54) is 6.07 Å². The molecule has 0 saturated heterocycles. The molecular formula is C15H13Cl3FN. The summed E-state index contributed by atoms with van der Waals surface area (Å²) in [6.45, 7) is 3.73. The van der Waals surface area contributed by atoms with Crippen LogP contribution in [0.25, 0.3) is 0 Å². The molecule has 1 atom stereocenters. The van der Waals surface area contributed by atoms with E-state index >= 15 is 0 Å². The summed E-state index contributed by atoms with van der Waals surface area (Å²) in [4.78, 5) is 0. The van der Waals surface area contributed by atoms with Gasteiger partial charge in [0.15, 0.2) is 0 Å². The number of hydrogen-bond acceptors (Lipinski definition) is 1. The average Bonchev–Trinajstić information content (AvgIpc) is 2.40. The molecule has 0 aromatic heterocycles. The fraction of sp³-hybridized carbons (Fsp3) is 0.200. The summed E-state index contributed by atoms with van der Waals surface area (Å²) in [7, 11) is 0. The van der Waals surface area contributed by atoms with E-state index in [2.05, 4.69) is 5.32 Å². The average molecular weight is 333 g/mol. The number of anilines is 1. The molecular weight excluding hydrogens is 320 g/mol. The lowest BCUT2D eigenvalue weighted by Crippen LogP contribution is -2.10. The predicted molar refractivity (Wildman–Crippen MR) is 84.6 cm³/mol. The number of hydrogen-bond donors (Lipinski definition) is 1. The Kier molecular flexibility index (Phi) is 4.79. The fourth-order valence-corrected chi connectivity index (χ4v) is 2.69. The fourth-order valence-electron chi connectivity index (χ4n) is 1.98. The number of halogens is 4. The monoisotopic (exact) mass is 331 g/mol. The lowest BCUT2D eigenvalue weighted by molar-refractivity contribution is 0.626. The first-order chi connectivity index (χ1) is 9.41. The van der Waals surface area contributed by atoms with Crippen LogP contribution in [-0.4, -0.2) is 0 Å². The van der Waals surface area contributed by atoms with Gasteiger partial charge in [0.2, 0.25) is 0 Å². The van der Waals surface area contributed by atoms with Gasteiger partial charge in [0.25, 0.3) is 0 Å². The summed E-state index contributed by atoms with van der Waals surface area (Å²) in [5.74, 6) is -0.298. The van der Waals surface area contributed by atoms with Gasteiger partial charge >= 0.3 is 0 Å². The van der Waals surface area contributed by atoms with Crippen LogP contribution in [0, 0.1) is 12.7 Å². The Bertz CT molecular complexity index is 623. The van der Waals surface area contributed by atoms with Crippen molar-refractivity contribution in [3.8, 4) is 0 Å². The van der Waals surface area contributed by atoms with E-state index in [1.807, 2.05) is 19.9 Å². The summed E-state index contributed by atoms with van der Waals surface area (Å²) in [6.07, 6.45) is 0. The molecule has 2 aromatic rings.